The first kappa shape index (κ1) is 19.0. The number of hydrogen-bond donors (Lipinski definition) is 1. The maximum atomic E-state index is 12.3. The molecule has 0 aliphatic rings. The van der Waals surface area contributed by atoms with Crippen molar-refractivity contribution in [3.05, 3.63) is 81.4 Å². The number of carbonyl (C=O) groups excluding carboxylic acids is 2. The van der Waals surface area contributed by atoms with Crippen LogP contribution in [0, 0.1) is 0 Å². The van der Waals surface area contributed by atoms with Crippen molar-refractivity contribution in [1.82, 2.24) is 5.32 Å². The molecule has 0 fully saturated rings. The number of ketones is 1. The Morgan fingerprint density at radius 2 is 1.64 bits per heavy atom. The van der Waals surface area contributed by atoms with E-state index in [1.165, 1.54) is 13.0 Å². The Balaban J connectivity index is 2.06. The Hall–Kier alpha value is -2.36. The first-order chi connectivity index (χ1) is 12.0. The highest BCUT2D eigenvalue weighted by Gasteiger charge is 2.13. The van der Waals surface area contributed by atoms with E-state index < -0.39 is 5.91 Å². The molecule has 25 heavy (non-hydrogen) atoms. The van der Waals surface area contributed by atoms with E-state index in [-0.39, 0.29) is 11.4 Å². The highest BCUT2D eigenvalue weighted by molar-refractivity contribution is 6.35. The molecule has 0 saturated heterocycles. The summed E-state index contributed by atoms with van der Waals surface area (Å²) in [6, 6.07) is 14.6. The third-order valence-electron chi connectivity index (χ3n) is 3.31. The number of carbonyl (C=O) groups is 2. The molecule has 0 bridgehead atoms. The van der Waals surface area contributed by atoms with Crippen LogP contribution in [-0.2, 0) is 9.59 Å². The van der Waals surface area contributed by atoms with Crippen LogP contribution in [0.5, 0.6) is 0 Å². The summed E-state index contributed by atoms with van der Waals surface area (Å²) in [5.41, 5.74) is 1.68. The van der Waals surface area contributed by atoms with E-state index >= 15 is 0 Å². The Morgan fingerprint density at radius 3 is 2.24 bits per heavy atom. The van der Waals surface area contributed by atoms with Gasteiger partial charge in [0.05, 0.1) is 5.57 Å². The monoisotopic (exact) mass is 373 g/mol. The molecule has 0 aliphatic heterocycles. The molecule has 2 rings (SSSR count). The Labute approximate surface area is 157 Å². The van der Waals surface area contributed by atoms with Crippen LogP contribution < -0.4 is 5.32 Å². The van der Waals surface area contributed by atoms with Crippen molar-refractivity contribution in [2.24, 2.45) is 0 Å². The lowest BCUT2D eigenvalue weighted by atomic mass is 10.1. The smallest absolute Gasteiger partial charge is 0.255 e. The van der Waals surface area contributed by atoms with E-state index in [9.17, 15) is 9.59 Å². The average molecular weight is 374 g/mol. The van der Waals surface area contributed by atoms with E-state index in [1.807, 2.05) is 42.5 Å². The van der Waals surface area contributed by atoms with Gasteiger partial charge in [0.15, 0.2) is 5.78 Å². The molecule has 2 aromatic rings. The fourth-order valence-electron chi connectivity index (χ4n) is 2.16. The fourth-order valence-corrected chi connectivity index (χ4v) is 2.70. The van der Waals surface area contributed by atoms with E-state index in [0.29, 0.717) is 22.2 Å². The summed E-state index contributed by atoms with van der Waals surface area (Å²) in [4.78, 5) is 24.1. The van der Waals surface area contributed by atoms with Gasteiger partial charge >= 0.3 is 0 Å². The van der Waals surface area contributed by atoms with E-state index in [2.05, 4.69) is 5.32 Å². The molecule has 1 N–H and O–H groups in total. The lowest BCUT2D eigenvalue weighted by molar-refractivity contribution is -0.121. The third kappa shape index (κ3) is 6.22. The molecule has 1 amide bonds. The second kappa shape index (κ2) is 9.21. The van der Waals surface area contributed by atoms with Crippen molar-refractivity contribution >= 4 is 47.0 Å². The molecule has 0 heterocycles. The first-order valence-electron chi connectivity index (χ1n) is 7.64. The standard InChI is InChI=1S/C20H17Cl2NO2/c1-14(24)19(12-16-10-17(21)13-18(22)11-16)20(25)23-9-5-8-15-6-3-2-4-7-15/h2-8,10-13H,9H2,1H3,(H,23,25)/b8-5+,19-12-. The molecule has 0 aliphatic carbocycles. The van der Waals surface area contributed by atoms with Crippen LogP contribution in [0.2, 0.25) is 10.0 Å². The van der Waals surface area contributed by atoms with Gasteiger partial charge in [0.2, 0.25) is 0 Å². The van der Waals surface area contributed by atoms with Crippen molar-refractivity contribution in [3.63, 3.8) is 0 Å². The normalized spacial score (nSPS) is 11.6. The summed E-state index contributed by atoms with van der Waals surface area (Å²) in [5.74, 6) is -0.776. The molecular weight excluding hydrogens is 357 g/mol. The number of Topliss-reactive ketones (excluding diaryl/α,β-unsaturated/α-hetero) is 1. The van der Waals surface area contributed by atoms with Gasteiger partial charge in [0.1, 0.15) is 0 Å². The largest absolute Gasteiger partial charge is 0.348 e. The summed E-state index contributed by atoms with van der Waals surface area (Å²) >= 11 is 11.9. The highest BCUT2D eigenvalue weighted by atomic mass is 35.5. The van der Waals surface area contributed by atoms with Crippen LogP contribution in [0.1, 0.15) is 18.1 Å². The summed E-state index contributed by atoms with van der Waals surface area (Å²) in [6.45, 7) is 1.66. The lowest BCUT2D eigenvalue weighted by Crippen LogP contribution is -2.27. The zero-order valence-corrected chi connectivity index (χ0v) is 15.1. The number of nitrogens with one attached hydrogen (secondary N) is 1. The lowest BCUT2D eigenvalue weighted by Gasteiger charge is -2.05. The van der Waals surface area contributed by atoms with Crippen molar-refractivity contribution in [2.45, 2.75) is 6.92 Å². The number of benzene rings is 2. The molecule has 3 nitrogen and oxygen atoms in total. The summed E-state index contributed by atoms with van der Waals surface area (Å²) in [5, 5.41) is 3.58. The predicted octanol–water partition coefficient (Wildman–Crippen LogP) is 4.80. The molecule has 2 aromatic carbocycles. The molecule has 0 unspecified atom stereocenters. The van der Waals surface area contributed by atoms with Crippen LogP contribution in [0.3, 0.4) is 0 Å². The van der Waals surface area contributed by atoms with Gasteiger partial charge in [-0.15, -0.1) is 0 Å². The molecule has 128 valence electrons. The first-order valence-corrected chi connectivity index (χ1v) is 8.40. The van der Waals surface area contributed by atoms with Gasteiger partial charge in [-0.25, -0.2) is 0 Å². The molecule has 5 heteroatoms. The molecular formula is C20H17Cl2NO2. The molecule has 0 saturated carbocycles. The second-order valence-electron chi connectivity index (χ2n) is 5.34. The van der Waals surface area contributed by atoms with Crippen molar-refractivity contribution < 1.29 is 9.59 Å². The van der Waals surface area contributed by atoms with Gasteiger partial charge in [-0.2, -0.15) is 0 Å². The topological polar surface area (TPSA) is 46.2 Å². The molecule has 0 radical (unpaired) electrons. The summed E-state index contributed by atoms with van der Waals surface area (Å²) in [6.07, 6.45) is 5.20. The predicted molar refractivity (Wildman–Crippen MR) is 104 cm³/mol. The van der Waals surface area contributed by atoms with Crippen molar-refractivity contribution in [3.8, 4) is 0 Å². The maximum absolute atomic E-state index is 12.3. The maximum Gasteiger partial charge on any atom is 0.255 e. The summed E-state index contributed by atoms with van der Waals surface area (Å²) in [7, 11) is 0. The van der Waals surface area contributed by atoms with Crippen LogP contribution in [0.25, 0.3) is 12.2 Å². The van der Waals surface area contributed by atoms with E-state index in [1.54, 1.807) is 18.2 Å². The molecule has 0 atom stereocenters. The Bertz CT molecular complexity index is 807. The number of rotatable bonds is 6. The van der Waals surface area contributed by atoms with Crippen molar-refractivity contribution in [2.75, 3.05) is 6.54 Å². The van der Waals surface area contributed by atoms with Crippen LogP contribution in [-0.4, -0.2) is 18.2 Å². The number of amides is 1. The molecule has 0 aromatic heterocycles. The molecule has 0 spiro atoms. The van der Waals surface area contributed by atoms with Gasteiger partial charge in [-0.05, 0) is 42.3 Å². The van der Waals surface area contributed by atoms with Crippen LogP contribution >= 0.6 is 23.2 Å². The number of hydrogen-bond acceptors (Lipinski definition) is 2. The van der Waals surface area contributed by atoms with Gasteiger partial charge in [-0.1, -0.05) is 65.7 Å². The summed E-state index contributed by atoms with van der Waals surface area (Å²) < 4.78 is 0. The number of halogens is 2. The minimum absolute atomic E-state index is 0.0476. The zero-order valence-electron chi connectivity index (χ0n) is 13.6. The van der Waals surface area contributed by atoms with Crippen LogP contribution in [0.15, 0.2) is 60.2 Å². The highest BCUT2D eigenvalue weighted by Crippen LogP contribution is 2.21. The van der Waals surface area contributed by atoms with Gasteiger partial charge in [0, 0.05) is 16.6 Å². The third-order valence-corrected chi connectivity index (χ3v) is 3.75. The quantitative estimate of drug-likeness (QED) is 0.449. The van der Waals surface area contributed by atoms with E-state index in [0.717, 1.165) is 5.56 Å². The fraction of sp³-hybridized carbons (Fsp3) is 0.100. The van der Waals surface area contributed by atoms with Crippen LogP contribution in [0.4, 0.5) is 0 Å². The van der Waals surface area contributed by atoms with E-state index in [4.69, 9.17) is 23.2 Å². The van der Waals surface area contributed by atoms with Gasteiger partial charge < -0.3 is 5.32 Å². The van der Waals surface area contributed by atoms with Crippen molar-refractivity contribution in [1.29, 1.82) is 0 Å². The van der Waals surface area contributed by atoms with Gasteiger partial charge in [-0.3, -0.25) is 9.59 Å². The SMILES string of the molecule is CC(=O)/C(=C/c1cc(Cl)cc(Cl)c1)C(=O)NC/C=C/c1ccccc1. The average Bonchev–Trinajstić information content (AvgIpc) is 2.56. The Kier molecular flexibility index (Phi) is 6.99. The minimum atomic E-state index is -0.443. The second-order valence-corrected chi connectivity index (χ2v) is 6.21. The van der Waals surface area contributed by atoms with Gasteiger partial charge in [0.25, 0.3) is 5.91 Å². The zero-order chi connectivity index (χ0) is 18.2. The Morgan fingerprint density at radius 1 is 1.00 bits per heavy atom. The minimum Gasteiger partial charge on any atom is -0.348 e.